The fourth-order valence-corrected chi connectivity index (χ4v) is 4.35. The third kappa shape index (κ3) is 3.92. The van der Waals surface area contributed by atoms with Crippen molar-refractivity contribution < 1.29 is 9.53 Å². The van der Waals surface area contributed by atoms with E-state index < -0.39 is 0 Å². The minimum Gasteiger partial charge on any atom is -0.468 e. The van der Waals surface area contributed by atoms with Crippen LogP contribution in [0, 0.1) is 4.77 Å². The molecule has 1 aliphatic heterocycles. The summed E-state index contributed by atoms with van der Waals surface area (Å²) in [5.74, 6) is 1.42. The highest BCUT2D eigenvalue weighted by atomic mass is 35.5. The summed E-state index contributed by atoms with van der Waals surface area (Å²) in [5.41, 5.74) is 0.846. The molecule has 2 aromatic rings. The number of hydrogen-bond acceptors (Lipinski definition) is 6. The zero-order valence-electron chi connectivity index (χ0n) is 14.0. The van der Waals surface area contributed by atoms with E-state index >= 15 is 0 Å². The molecule has 9 heteroatoms. The van der Waals surface area contributed by atoms with Crippen LogP contribution in [-0.2, 0) is 23.2 Å². The Bertz CT molecular complexity index is 836. The summed E-state index contributed by atoms with van der Waals surface area (Å²) in [7, 11) is 3.31. The van der Waals surface area contributed by atoms with Crippen LogP contribution in [-0.4, -0.2) is 56.4 Å². The van der Waals surface area contributed by atoms with Crippen LogP contribution in [0.4, 0.5) is 0 Å². The summed E-state index contributed by atoms with van der Waals surface area (Å²) in [6.45, 7) is 2.03. The number of hydrogen-bond donors (Lipinski definition) is 0. The second-order valence-corrected chi connectivity index (χ2v) is 7.83. The molecule has 134 valence electrons. The third-order valence-corrected chi connectivity index (χ3v) is 6.08. The molecule has 1 fully saturated rings. The second-order valence-electron chi connectivity index (χ2n) is 5.75. The van der Waals surface area contributed by atoms with Gasteiger partial charge < -0.3 is 9.30 Å². The molecule has 1 aliphatic rings. The van der Waals surface area contributed by atoms with E-state index in [2.05, 4.69) is 10.00 Å². The largest absolute Gasteiger partial charge is 0.468 e. The van der Waals surface area contributed by atoms with Crippen molar-refractivity contribution in [1.29, 1.82) is 0 Å². The summed E-state index contributed by atoms with van der Waals surface area (Å²) < 4.78 is 9.10. The number of esters is 1. The van der Waals surface area contributed by atoms with Crippen molar-refractivity contribution in [2.75, 3.05) is 26.0 Å². The Labute approximate surface area is 160 Å². The van der Waals surface area contributed by atoms with Crippen LogP contribution in [0.15, 0.2) is 24.3 Å². The molecule has 0 bridgehead atoms. The minimum atomic E-state index is -0.184. The zero-order valence-corrected chi connectivity index (χ0v) is 16.4. The molecule has 1 aromatic carbocycles. The van der Waals surface area contributed by atoms with Crippen LogP contribution < -0.4 is 0 Å². The Morgan fingerprint density at radius 1 is 1.48 bits per heavy atom. The molecule has 1 saturated heterocycles. The van der Waals surface area contributed by atoms with Gasteiger partial charge in [-0.25, -0.2) is 4.68 Å². The van der Waals surface area contributed by atoms with Crippen molar-refractivity contribution in [2.24, 2.45) is 7.05 Å². The molecule has 0 radical (unpaired) electrons. The van der Waals surface area contributed by atoms with E-state index in [0.717, 1.165) is 23.7 Å². The number of benzene rings is 1. The molecule has 3 rings (SSSR count). The first-order valence-corrected chi connectivity index (χ1v) is 9.65. The zero-order chi connectivity index (χ0) is 18.0. The molecule has 0 aliphatic carbocycles. The third-order valence-electron chi connectivity index (χ3n) is 4.10. The van der Waals surface area contributed by atoms with Crippen molar-refractivity contribution in [3.8, 4) is 11.4 Å². The van der Waals surface area contributed by atoms with Crippen LogP contribution in [0.1, 0.15) is 0 Å². The van der Waals surface area contributed by atoms with Gasteiger partial charge in [0.2, 0.25) is 0 Å². The average Bonchev–Trinajstić information content (AvgIpc) is 2.90. The van der Waals surface area contributed by atoms with E-state index in [-0.39, 0.29) is 11.2 Å². The molecule has 0 amide bonds. The predicted molar refractivity (Wildman–Crippen MR) is 102 cm³/mol. The number of methoxy groups -OCH3 is 1. The van der Waals surface area contributed by atoms with Crippen molar-refractivity contribution in [3.63, 3.8) is 0 Å². The summed E-state index contributed by atoms with van der Waals surface area (Å²) in [5, 5.41) is 5.12. The quantitative estimate of drug-likeness (QED) is 0.583. The van der Waals surface area contributed by atoms with Crippen LogP contribution in [0.5, 0.6) is 0 Å². The molecule has 6 nitrogen and oxygen atoms in total. The maximum atomic E-state index is 11.8. The molecule has 0 spiro atoms. The van der Waals surface area contributed by atoms with Gasteiger partial charge in [-0.2, -0.15) is 5.10 Å². The molecule has 0 N–H and O–H groups in total. The molecule has 2 heterocycles. The van der Waals surface area contributed by atoms with Gasteiger partial charge in [0, 0.05) is 31.5 Å². The van der Waals surface area contributed by atoms with E-state index in [9.17, 15) is 4.79 Å². The summed E-state index contributed by atoms with van der Waals surface area (Å²) in [6, 6.07) is 7.57. The highest BCUT2D eigenvalue weighted by Crippen LogP contribution is 2.26. The Morgan fingerprint density at radius 3 is 2.96 bits per heavy atom. The van der Waals surface area contributed by atoms with Gasteiger partial charge >= 0.3 is 5.97 Å². The van der Waals surface area contributed by atoms with Gasteiger partial charge in [0.1, 0.15) is 5.25 Å². The van der Waals surface area contributed by atoms with Gasteiger partial charge in [0.25, 0.3) is 0 Å². The number of aromatic nitrogens is 3. The van der Waals surface area contributed by atoms with Gasteiger partial charge in [-0.1, -0.05) is 23.7 Å². The maximum Gasteiger partial charge on any atom is 0.320 e. The summed E-state index contributed by atoms with van der Waals surface area (Å²) in [6.07, 6.45) is 0. The number of carbonyl (C=O) groups excluding carboxylic acids is 1. The smallest absolute Gasteiger partial charge is 0.320 e. The number of halogens is 1. The fraction of sp³-hybridized carbons (Fsp3) is 0.438. The van der Waals surface area contributed by atoms with E-state index in [0.29, 0.717) is 23.0 Å². The molecular weight excluding hydrogens is 380 g/mol. The van der Waals surface area contributed by atoms with Gasteiger partial charge in [0.15, 0.2) is 10.6 Å². The van der Waals surface area contributed by atoms with Crippen LogP contribution in [0.2, 0.25) is 5.02 Å². The Hall–Kier alpha value is -1.35. The highest BCUT2D eigenvalue weighted by molar-refractivity contribution is 8.00. The molecule has 1 aromatic heterocycles. The van der Waals surface area contributed by atoms with Gasteiger partial charge in [-0.15, -0.1) is 11.8 Å². The summed E-state index contributed by atoms with van der Waals surface area (Å²) in [4.78, 5) is 13.9. The topological polar surface area (TPSA) is 52.3 Å². The van der Waals surface area contributed by atoms with E-state index in [4.69, 9.17) is 28.6 Å². The lowest BCUT2D eigenvalue weighted by Gasteiger charge is -2.30. The molecule has 0 unspecified atom stereocenters. The Balaban J connectivity index is 1.82. The highest BCUT2D eigenvalue weighted by Gasteiger charge is 2.27. The Kier molecular flexibility index (Phi) is 5.83. The van der Waals surface area contributed by atoms with Crippen molar-refractivity contribution in [3.05, 3.63) is 34.1 Å². The lowest BCUT2D eigenvalue weighted by Crippen LogP contribution is -2.42. The number of rotatable bonds is 4. The molecular formula is C16H19ClN4O2S2. The van der Waals surface area contributed by atoms with Crippen molar-refractivity contribution >= 4 is 41.6 Å². The van der Waals surface area contributed by atoms with Crippen LogP contribution in [0.3, 0.4) is 0 Å². The maximum absolute atomic E-state index is 11.8. The average molecular weight is 399 g/mol. The molecule has 1 atom stereocenters. The van der Waals surface area contributed by atoms with Crippen molar-refractivity contribution in [1.82, 2.24) is 19.2 Å². The predicted octanol–water partition coefficient (Wildman–Crippen LogP) is 2.82. The first-order chi connectivity index (χ1) is 12.0. The standard InChI is InChI=1S/C16H19ClN4O2S2/c1-19-14(11-5-3-4-6-12(11)17)18-21(16(19)24)10-20-7-8-25-13(9-20)15(22)23-2/h3-6,13H,7-10H2,1-2H3/t13-/m1/s1. The van der Waals surface area contributed by atoms with E-state index in [1.165, 1.54) is 7.11 Å². The number of carbonyl (C=O) groups is 1. The van der Waals surface area contributed by atoms with Crippen LogP contribution in [0.25, 0.3) is 11.4 Å². The van der Waals surface area contributed by atoms with Crippen molar-refractivity contribution in [2.45, 2.75) is 11.9 Å². The van der Waals surface area contributed by atoms with E-state index in [1.807, 2.05) is 35.9 Å². The lowest BCUT2D eigenvalue weighted by atomic mass is 10.2. The number of thioether (sulfide) groups is 1. The first-order valence-electron chi connectivity index (χ1n) is 7.81. The normalized spacial score (nSPS) is 18.3. The minimum absolute atomic E-state index is 0.167. The SMILES string of the molecule is COC(=O)[C@H]1CN(Cn2nc(-c3ccccc3Cl)n(C)c2=S)CCS1. The molecule has 25 heavy (non-hydrogen) atoms. The monoisotopic (exact) mass is 398 g/mol. The van der Waals surface area contributed by atoms with Gasteiger partial charge in [0.05, 0.1) is 18.8 Å². The number of nitrogens with zero attached hydrogens (tertiary/aromatic N) is 4. The van der Waals surface area contributed by atoms with Gasteiger partial charge in [-0.3, -0.25) is 9.69 Å². The lowest BCUT2D eigenvalue weighted by molar-refractivity contribution is -0.140. The van der Waals surface area contributed by atoms with Crippen LogP contribution >= 0.6 is 35.6 Å². The van der Waals surface area contributed by atoms with E-state index in [1.54, 1.807) is 16.4 Å². The fourth-order valence-electron chi connectivity index (χ4n) is 2.75. The molecule has 0 saturated carbocycles. The first kappa shape index (κ1) is 18.4. The second kappa shape index (κ2) is 7.90. The number of ether oxygens (including phenoxy) is 1. The Morgan fingerprint density at radius 2 is 2.24 bits per heavy atom. The summed E-state index contributed by atoms with van der Waals surface area (Å²) >= 11 is 13.4. The van der Waals surface area contributed by atoms with Gasteiger partial charge in [-0.05, 0) is 24.4 Å².